The Bertz CT molecular complexity index is 350. The summed E-state index contributed by atoms with van der Waals surface area (Å²) in [5, 5.41) is 0. The first-order chi connectivity index (χ1) is 7.22. The molecule has 0 unspecified atom stereocenters. The van der Waals surface area contributed by atoms with Crippen LogP contribution in [-0.4, -0.2) is 26.1 Å². The van der Waals surface area contributed by atoms with Crippen molar-refractivity contribution >= 4 is 17.6 Å². The van der Waals surface area contributed by atoms with E-state index in [2.05, 4.69) is 4.74 Å². The number of rotatable bonds is 4. The van der Waals surface area contributed by atoms with Crippen molar-refractivity contribution in [3.05, 3.63) is 29.3 Å². The van der Waals surface area contributed by atoms with Gasteiger partial charge in [-0.05, 0) is 24.1 Å². The van der Waals surface area contributed by atoms with E-state index in [1.165, 1.54) is 7.11 Å². The second-order valence-electron chi connectivity index (χ2n) is 2.95. The third kappa shape index (κ3) is 2.86. The average Bonchev–Trinajstić information content (AvgIpc) is 2.29. The van der Waals surface area contributed by atoms with E-state index in [0.29, 0.717) is 23.6 Å². The summed E-state index contributed by atoms with van der Waals surface area (Å²) in [7, 11) is 2.91. The smallest absolute Gasteiger partial charge is 0.338 e. The van der Waals surface area contributed by atoms with Crippen molar-refractivity contribution in [1.82, 2.24) is 0 Å². The van der Waals surface area contributed by atoms with Crippen molar-refractivity contribution in [2.45, 2.75) is 6.42 Å². The number of benzene rings is 1. The number of aryl methyl sites for hydroxylation is 1. The second kappa shape index (κ2) is 5.61. The molecule has 4 heteroatoms. The number of hydrogen-bond donors (Lipinski definition) is 0. The SMILES string of the molecule is COC(=O)c1cc(OC)ccc1CCCl. The molecule has 0 atom stereocenters. The maximum atomic E-state index is 11.5. The highest BCUT2D eigenvalue weighted by Gasteiger charge is 2.12. The fourth-order valence-electron chi connectivity index (χ4n) is 1.30. The minimum absolute atomic E-state index is 0.367. The first-order valence-electron chi connectivity index (χ1n) is 4.54. The summed E-state index contributed by atoms with van der Waals surface area (Å²) in [6, 6.07) is 5.29. The van der Waals surface area contributed by atoms with Gasteiger partial charge < -0.3 is 9.47 Å². The van der Waals surface area contributed by atoms with Gasteiger partial charge in [0.2, 0.25) is 0 Å². The molecule has 0 spiro atoms. The topological polar surface area (TPSA) is 35.5 Å². The van der Waals surface area contributed by atoms with Crippen LogP contribution >= 0.6 is 11.6 Å². The molecule has 0 fully saturated rings. The average molecular weight is 229 g/mol. The quantitative estimate of drug-likeness (QED) is 0.586. The molecule has 0 heterocycles. The first kappa shape index (κ1) is 11.9. The zero-order valence-electron chi connectivity index (χ0n) is 8.75. The van der Waals surface area contributed by atoms with E-state index in [1.54, 1.807) is 19.2 Å². The molecule has 0 amide bonds. The lowest BCUT2D eigenvalue weighted by Gasteiger charge is -2.08. The first-order valence-corrected chi connectivity index (χ1v) is 5.07. The van der Waals surface area contributed by atoms with Gasteiger partial charge >= 0.3 is 5.97 Å². The fraction of sp³-hybridized carbons (Fsp3) is 0.364. The maximum Gasteiger partial charge on any atom is 0.338 e. The normalized spacial score (nSPS) is 9.80. The lowest BCUT2D eigenvalue weighted by molar-refractivity contribution is 0.0599. The molecular weight excluding hydrogens is 216 g/mol. The molecule has 0 aromatic heterocycles. The summed E-state index contributed by atoms with van der Waals surface area (Å²) in [4.78, 5) is 11.5. The van der Waals surface area contributed by atoms with E-state index in [4.69, 9.17) is 16.3 Å². The molecule has 0 bridgehead atoms. The highest BCUT2D eigenvalue weighted by molar-refractivity contribution is 6.18. The van der Waals surface area contributed by atoms with Gasteiger partial charge in [0, 0.05) is 5.88 Å². The van der Waals surface area contributed by atoms with Crippen LogP contribution in [-0.2, 0) is 11.2 Å². The summed E-state index contributed by atoms with van der Waals surface area (Å²) in [6.45, 7) is 0. The predicted octanol–water partition coefficient (Wildman–Crippen LogP) is 2.26. The van der Waals surface area contributed by atoms with E-state index in [-0.39, 0.29) is 5.97 Å². The van der Waals surface area contributed by atoms with Gasteiger partial charge in [-0.1, -0.05) is 6.07 Å². The molecule has 0 saturated heterocycles. The Morgan fingerprint density at radius 2 is 2.13 bits per heavy atom. The Hall–Kier alpha value is -1.22. The molecule has 15 heavy (non-hydrogen) atoms. The van der Waals surface area contributed by atoms with Gasteiger partial charge in [-0.15, -0.1) is 11.6 Å². The van der Waals surface area contributed by atoms with E-state index >= 15 is 0 Å². The van der Waals surface area contributed by atoms with Crippen LogP contribution in [0.2, 0.25) is 0 Å². The van der Waals surface area contributed by atoms with Crippen LogP contribution < -0.4 is 4.74 Å². The predicted molar refractivity (Wildman–Crippen MR) is 58.8 cm³/mol. The molecule has 0 radical (unpaired) electrons. The van der Waals surface area contributed by atoms with Gasteiger partial charge in [-0.2, -0.15) is 0 Å². The lowest BCUT2D eigenvalue weighted by atomic mass is 10.1. The molecule has 3 nitrogen and oxygen atoms in total. The molecule has 1 aromatic carbocycles. The van der Waals surface area contributed by atoms with Crippen LogP contribution in [0.15, 0.2) is 18.2 Å². The molecule has 0 aliphatic carbocycles. The minimum Gasteiger partial charge on any atom is -0.497 e. The Labute approximate surface area is 93.9 Å². The van der Waals surface area contributed by atoms with Gasteiger partial charge in [0.05, 0.1) is 19.8 Å². The van der Waals surface area contributed by atoms with Gasteiger partial charge in [0.25, 0.3) is 0 Å². The molecule has 82 valence electrons. The van der Waals surface area contributed by atoms with E-state index in [0.717, 1.165) is 5.56 Å². The van der Waals surface area contributed by atoms with Crippen molar-refractivity contribution in [1.29, 1.82) is 0 Å². The third-order valence-corrected chi connectivity index (χ3v) is 2.28. The number of esters is 1. The van der Waals surface area contributed by atoms with Crippen LogP contribution in [0.5, 0.6) is 5.75 Å². The molecule has 0 aliphatic heterocycles. The van der Waals surface area contributed by atoms with Crippen LogP contribution in [0.3, 0.4) is 0 Å². The van der Waals surface area contributed by atoms with Crippen molar-refractivity contribution in [3.63, 3.8) is 0 Å². The van der Waals surface area contributed by atoms with Crippen molar-refractivity contribution < 1.29 is 14.3 Å². The highest BCUT2D eigenvalue weighted by Crippen LogP contribution is 2.19. The van der Waals surface area contributed by atoms with E-state index in [9.17, 15) is 4.79 Å². The lowest BCUT2D eigenvalue weighted by Crippen LogP contribution is -2.06. The molecule has 0 saturated carbocycles. The van der Waals surface area contributed by atoms with Crippen molar-refractivity contribution in [2.24, 2.45) is 0 Å². The fourth-order valence-corrected chi connectivity index (χ4v) is 1.51. The standard InChI is InChI=1S/C11H13ClO3/c1-14-9-4-3-8(5-6-12)10(7-9)11(13)15-2/h3-4,7H,5-6H2,1-2H3. The van der Waals surface area contributed by atoms with Gasteiger partial charge in [0.15, 0.2) is 0 Å². The molecular formula is C11H13ClO3. The number of hydrogen-bond acceptors (Lipinski definition) is 3. The van der Waals surface area contributed by atoms with E-state index in [1.807, 2.05) is 6.07 Å². The zero-order valence-corrected chi connectivity index (χ0v) is 9.50. The molecule has 1 rings (SSSR count). The van der Waals surface area contributed by atoms with E-state index < -0.39 is 0 Å². The Morgan fingerprint density at radius 1 is 1.40 bits per heavy atom. The highest BCUT2D eigenvalue weighted by atomic mass is 35.5. The molecule has 0 aliphatic rings. The summed E-state index contributed by atoms with van der Waals surface area (Å²) in [6.07, 6.45) is 0.635. The third-order valence-electron chi connectivity index (χ3n) is 2.09. The molecule has 0 N–H and O–H groups in total. The summed E-state index contributed by atoms with van der Waals surface area (Å²) < 4.78 is 9.73. The Balaban J connectivity index is 3.10. The monoisotopic (exact) mass is 228 g/mol. The number of carbonyl (C=O) groups is 1. The number of ether oxygens (including phenoxy) is 2. The van der Waals surface area contributed by atoms with Crippen LogP contribution in [0, 0.1) is 0 Å². The van der Waals surface area contributed by atoms with Crippen LogP contribution in [0.1, 0.15) is 15.9 Å². The van der Waals surface area contributed by atoms with Crippen molar-refractivity contribution in [2.75, 3.05) is 20.1 Å². The molecule has 1 aromatic rings. The van der Waals surface area contributed by atoms with Gasteiger partial charge in [-0.3, -0.25) is 0 Å². The second-order valence-corrected chi connectivity index (χ2v) is 3.33. The largest absolute Gasteiger partial charge is 0.497 e. The summed E-state index contributed by atoms with van der Waals surface area (Å²) in [5.41, 5.74) is 1.38. The number of halogens is 1. The maximum absolute atomic E-state index is 11.5. The number of carbonyl (C=O) groups excluding carboxylic acids is 1. The van der Waals surface area contributed by atoms with Crippen LogP contribution in [0.25, 0.3) is 0 Å². The Kier molecular flexibility index (Phi) is 4.43. The van der Waals surface area contributed by atoms with Crippen molar-refractivity contribution in [3.8, 4) is 5.75 Å². The Morgan fingerprint density at radius 3 is 2.67 bits per heavy atom. The minimum atomic E-state index is -0.367. The summed E-state index contributed by atoms with van der Waals surface area (Å²) >= 11 is 5.65. The van der Waals surface area contributed by atoms with Gasteiger partial charge in [0.1, 0.15) is 5.75 Å². The van der Waals surface area contributed by atoms with Gasteiger partial charge in [-0.25, -0.2) is 4.79 Å². The number of alkyl halides is 1. The summed E-state index contributed by atoms with van der Waals surface area (Å²) in [5.74, 6) is 0.735. The van der Waals surface area contributed by atoms with Crippen LogP contribution in [0.4, 0.5) is 0 Å². The number of methoxy groups -OCH3 is 2. The zero-order chi connectivity index (χ0) is 11.3.